The zero-order chi connectivity index (χ0) is 15.1. The standard InChI is InChI=1S/C15H20F2N4.2ClH/c16-15(17)21-11-8-19-14(21)12-20(10-7-18)9-6-13-4-2-1-3-5-13;;/h1-5,8,11,15H,6-7,9-10,12,18H2;2*1H. The van der Waals surface area contributed by atoms with Gasteiger partial charge in [-0.3, -0.25) is 9.47 Å². The summed E-state index contributed by atoms with van der Waals surface area (Å²) in [6.07, 6.45) is 3.56. The Bertz CT molecular complexity index is 537. The Morgan fingerprint density at radius 3 is 2.43 bits per heavy atom. The summed E-state index contributed by atoms with van der Waals surface area (Å²) in [5.41, 5.74) is 6.83. The van der Waals surface area contributed by atoms with Gasteiger partial charge in [-0.2, -0.15) is 8.78 Å². The maximum absolute atomic E-state index is 12.8. The molecule has 0 aliphatic carbocycles. The highest BCUT2D eigenvalue weighted by Crippen LogP contribution is 2.14. The van der Waals surface area contributed by atoms with E-state index in [4.69, 9.17) is 5.73 Å². The average molecular weight is 367 g/mol. The van der Waals surface area contributed by atoms with E-state index >= 15 is 0 Å². The van der Waals surface area contributed by atoms with Crippen LogP contribution in [0.5, 0.6) is 0 Å². The first kappa shape index (κ1) is 21.8. The number of nitrogens with two attached hydrogens (primary N) is 1. The minimum atomic E-state index is -2.56. The summed E-state index contributed by atoms with van der Waals surface area (Å²) < 4.78 is 26.6. The van der Waals surface area contributed by atoms with Gasteiger partial charge in [-0.15, -0.1) is 24.8 Å². The molecule has 4 nitrogen and oxygen atoms in total. The molecule has 0 fully saturated rings. The lowest BCUT2D eigenvalue weighted by Crippen LogP contribution is -2.32. The molecule has 0 amide bonds. The first-order valence-corrected chi connectivity index (χ1v) is 6.97. The lowest BCUT2D eigenvalue weighted by atomic mass is 10.1. The Morgan fingerprint density at radius 2 is 1.83 bits per heavy atom. The zero-order valence-corrected chi connectivity index (χ0v) is 14.3. The molecule has 1 aromatic carbocycles. The van der Waals surface area contributed by atoms with Gasteiger partial charge >= 0.3 is 6.55 Å². The van der Waals surface area contributed by atoms with Crippen LogP contribution in [0, 0.1) is 0 Å². The molecule has 2 N–H and O–H groups in total. The predicted octanol–water partition coefficient (Wildman–Crippen LogP) is 3.13. The van der Waals surface area contributed by atoms with Crippen molar-refractivity contribution in [1.82, 2.24) is 14.5 Å². The maximum atomic E-state index is 12.8. The van der Waals surface area contributed by atoms with E-state index in [9.17, 15) is 8.78 Å². The second kappa shape index (κ2) is 11.3. The van der Waals surface area contributed by atoms with E-state index in [2.05, 4.69) is 17.1 Å². The summed E-state index contributed by atoms with van der Waals surface area (Å²) in [7, 11) is 0. The molecule has 8 heteroatoms. The van der Waals surface area contributed by atoms with E-state index in [-0.39, 0.29) is 24.8 Å². The predicted molar refractivity (Wildman–Crippen MR) is 92.5 cm³/mol. The summed E-state index contributed by atoms with van der Waals surface area (Å²) in [6, 6.07) is 10.1. The molecule has 130 valence electrons. The molecule has 0 radical (unpaired) electrons. The Morgan fingerprint density at radius 1 is 1.13 bits per heavy atom. The summed E-state index contributed by atoms with van der Waals surface area (Å²) in [5, 5.41) is 0. The van der Waals surface area contributed by atoms with Crippen molar-refractivity contribution >= 4 is 24.8 Å². The first-order valence-electron chi connectivity index (χ1n) is 6.97. The van der Waals surface area contributed by atoms with E-state index < -0.39 is 6.55 Å². The van der Waals surface area contributed by atoms with Crippen LogP contribution in [0.2, 0.25) is 0 Å². The molecule has 0 saturated heterocycles. The number of hydrogen-bond acceptors (Lipinski definition) is 3. The zero-order valence-electron chi connectivity index (χ0n) is 12.6. The third-order valence-corrected chi connectivity index (χ3v) is 3.33. The van der Waals surface area contributed by atoms with Gasteiger partial charge in [0.1, 0.15) is 5.82 Å². The quantitative estimate of drug-likeness (QED) is 0.780. The van der Waals surface area contributed by atoms with Gasteiger partial charge in [-0.1, -0.05) is 30.3 Å². The number of halogens is 4. The molecule has 23 heavy (non-hydrogen) atoms. The Labute approximate surface area is 147 Å². The third-order valence-electron chi connectivity index (χ3n) is 3.33. The van der Waals surface area contributed by atoms with Crippen LogP contribution in [0.1, 0.15) is 17.9 Å². The number of rotatable bonds is 8. The van der Waals surface area contributed by atoms with Crippen molar-refractivity contribution < 1.29 is 8.78 Å². The SMILES string of the molecule is Cl.Cl.NCCN(CCc1ccccc1)Cc1nccn1C(F)F. The number of hydrogen-bond donors (Lipinski definition) is 1. The minimum Gasteiger partial charge on any atom is -0.329 e. The normalized spacial score (nSPS) is 10.5. The number of alkyl halides is 2. The molecule has 0 atom stereocenters. The topological polar surface area (TPSA) is 47.1 Å². The molecule has 0 aliphatic heterocycles. The van der Waals surface area contributed by atoms with Crippen molar-refractivity contribution in [2.24, 2.45) is 5.73 Å². The van der Waals surface area contributed by atoms with E-state index in [0.717, 1.165) is 17.5 Å². The van der Waals surface area contributed by atoms with Gasteiger partial charge in [0.05, 0.1) is 6.54 Å². The number of imidazole rings is 1. The van der Waals surface area contributed by atoms with Crippen LogP contribution in [-0.2, 0) is 13.0 Å². The second-order valence-electron chi connectivity index (χ2n) is 4.83. The number of aromatic nitrogens is 2. The largest absolute Gasteiger partial charge is 0.329 e. The smallest absolute Gasteiger partial charge is 0.319 e. The molecule has 0 unspecified atom stereocenters. The summed E-state index contributed by atoms with van der Waals surface area (Å²) >= 11 is 0. The number of benzene rings is 1. The molecule has 2 rings (SSSR count). The van der Waals surface area contributed by atoms with Crippen LogP contribution in [0.25, 0.3) is 0 Å². The fourth-order valence-electron chi connectivity index (χ4n) is 2.23. The van der Waals surface area contributed by atoms with E-state index in [1.54, 1.807) is 0 Å². The lowest BCUT2D eigenvalue weighted by molar-refractivity contribution is 0.0640. The Balaban J connectivity index is 0.00000242. The highest BCUT2D eigenvalue weighted by atomic mass is 35.5. The molecule has 0 spiro atoms. The molecule has 0 bridgehead atoms. The minimum absolute atomic E-state index is 0. The van der Waals surface area contributed by atoms with Gasteiger partial charge in [-0.05, 0) is 12.0 Å². The van der Waals surface area contributed by atoms with Gasteiger partial charge in [0.15, 0.2) is 0 Å². The van der Waals surface area contributed by atoms with Gasteiger partial charge < -0.3 is 5.73 Å². The van der Waals surface area contributed by atoms with Crippen LogP contribution in [-0.4, -0.2) is 34.1 Å². The van der Waals surface area contributed by atoms with Crippen molar-refractivity contribution in [2.45, 2.75) is 19.5 Å². The maximum Gasteiger partial charge on any atom is 0.319 e. The molecule has 2 aromatic rings. The van der Waals surface area contributed by atoms with Crippen molar-refractivity contribution in [2.75, 3.05) is 19.6 Å². The molecular weight excluding hydrogens is 345 g/mol. The fourth-order valence-corrected chi connectivity index (χ4v) is 2.23. The molecule has 0 aliphatic rings. The highest BCUT2D eigenvalue weighted by molar-refractivity contribution is 5.85. The monoisotopic (exact) mass is 366 g/mol. The molecule has 1 aromatic heterocycles. The summed E-state index contributed by atoms with van der Waals surface area (Å²) in [5.74, 6) is 0.367. The lowest BCUT2D eigenvalue weighted by Gasteiger charge is -2.21. The van der Waals surface area contributed by atoms with Crippen LogP contribution in [0.15, 0.2) is 42.7 Å². The Kier molecular flexibility index (Phi) is 10.7. The van der Waals surface area contributed by atoms with Gasteiger partial charge in [0.25, 0.3) is 0 Å². The fraction of sp³-hybridized carbons (Fsp3) is 0.400. The van der Waals surface area contributed by atoms with Crippen LogP contribution in [0.3, 0.4) is 0 Å². The van der Waals surface area contributed by atoms with Crippen LogP contribution >= 0.6 is 24.8 Å². The number of nitrogens with zero attached hydrogens (tertiary/aromatic N) is 3. The second-order valence-corrected chi connectivity index (χ2v) is 4.83. The first-order chi connectivity index (χ1) is 10.2. The van der Waals surface area contributed by atoms with E-state index in [1.807, 2.05) is 23.1 Å². The Hall–Kier alpha value is -1.21. The van der Waals surface area contributed by atoms with E-state index in [1.165, 1.54) is 18.0 Å². The van der Waals surface area contributed by atoms with Crippen LogP contribution < -0.4 is 5.73 Å². The highest BCUT2D eigenvalue weighted by Gasteiger charge is 2.14. The van der Waals surface area contributed by atoms with Gasteiger partial charge in [0, 0.05) is 32.0 Å². The van der Waals surface area contributed by atoms with Gasteiger partial charge in [-0.25, -0.2) is 4.98 Å². The van der Waals surface area contributed by atoms with Crippen molar-refractivity contribution in [3.05, 3.63) is 54.1 Å². The molecule has 1 heterocycles. The molecular formula is C15H22Cl2F2N4. The summed E-state index contributed by atoms with van der Waals surface area (Å²) in [6.45, 7) is -0.275. The van der Waals surface area contributed by atoms with Crippen molar-refractivity contribution in [1.29, 1.82) is 0 Å². The van der Waals surface area contributed by atoms with Crippen molar-refractivity contribution in [3.8, 4) is 0 Å². The van der Waals surface area contributed by atoms with E-state index in [0.29, 0.717) is 25.5 Å². The molecule has 0 saturated carbocycles. The van der Waals surface area contributed by atoms with Crippen LogP contribution in [0.4, 0.5) is 8.78 Å². The summed E-state index contributed by atoms with van der Waals surface area (Å²) in [4.78, 5) is 6.06. The van der Waals surface area contributed by atoms with Gasteiger partial charge in [0.2, 0.25) is 0 Å². The van der Waals surface area contributed by atoms with Crippen molar-refractivity contribution in [3.63, 3.8) is 0 Å². The third kappa shape index (κ3) is 6.83. The average Bonchev–Trinajstić information content (AvgIpc) is 2.94.